The van der Waals surface area contributed by atoms with Crippen molar-refractivity contribution in [2.45, 2.75) is 0 Å². The van der Waals surface area contributed by atoms with Gasteiger partial charge in [0.2, 0.25) is 0 Å². The molecular formula is H48Al2KNaO40S4. The van der Waals surface area contributed by atoms with Gasteiger partial charge in [-0.2, -0.15) is 0 Å². The Labute approximate surface area is 355 Å². The van der Waals surface area contributed by atoms with Crippen molar-refractivity contribution in [1.29, 1.82) is 0 Å². The summed E-state index contributed by atoms with van der Waals surface area (Å²) in [5, 5.41) is 0. The van der Waals surface area contributed by atoms with Gasteiger partial charge in [-0.15, -0.1) is 0 Å². The van der Waals surface area contributed by atoms with Crippen molar-refractivity contribution in [2.24, 2.45) is 0 Å². The Morgan fingerprint density at radius 1 is 0.208 bits per heavy atom. The van der Waals surface area contributed by atoms with Crippen LogP contribution in [0.5, 0.6) is 0 Å². The Morgan fingerprint density at radius 2 is 0.208 bits per heavy atom. The van der Waals surface area contributed by atoms with Gasteiger partial charge < -0.3 is 168 Å². The molecule has 0 unspecified atom stereocenters. The zero-order valence-corrected chi connectivity index (χ0v) is 34.0. The van der Waals surface area contributed by atoms with E-state index in [1.165, 1.54) is 0 Å². The van der Waals surface area contributed by atoms with Gasteiger partial charge in [-0.05, 0) is 0 Å². The van der Waals surface area contributed by atoms with Crippen LogP contribution in [0, 0.1) is 0 Å². The molecule has 0 aliphatic carbocycles. The molecule has 0 bridgehead atoms. The van der Waals surface area contributed by atoms with Crippen LogP contribution in [-0.4, -0.2) is 236 Å². The summed E-state index contributed by atoms with van der Waals surface area (Å²) in [4.78, 5) is 0. The molecule has 0 saturated carbocycles. The van der Waals surface area contributed by atoms with E-state index in [9.17, 15) is 0 Å². The molecule has 0 aliphatic heterocycles. The van der Waals surface area contributed by atoms with Gasteiger partial charge in [-0.25, -0.2) is 0 Å². The van der Waals surface area contributed by atoms with E-state index in [0.29, 0.717) is 0 Å². The molecule has 48 heteroatoms. The van der Waals surface area contributed by atoms with Crippen LogP contribution in [0.25, 0.3) is 0 Å². The van der Waals surface area contributed by atoms with Crippen molar-refractivity contribution in [3.63, 3.8) is 0 Å². The molecule has 48 heavy (non-hydrogen) atoms. The summed E-state index contributed by atoms with van der Waals surface area (Å²) < 4.78 is 136. The van der Waals surface area contributed by atoms with Crippen molar-refractivity contribution < 1.29 is 282 Å². The van der Waals surface area contributed by atoms with Gasteiger partial charge >= 0.3 is 116 Å². The van der Waals surface area contributed by atoms with Crippen molar-refractivity contribution in [3.05, 3.63) is 0 Å². The maximum atomic E-state index is 8.52. The summed E-state index contributed by atoms with van der Waals surface area (Å²) in [5.41, 5.74) is 0. The van der Waals surface area contributed by atoms with Gasteiger partial charge in [0.15, 0.2) is 0 Å². The molecule has 0 spiro atoms. The molecular weight excluding hydrogens is 884 g/mol. The molecule has 0 radical (unpaired) electrons. The van der Waals surface area contributed by atoms with E-state index in [-0.39, 0.29) is 247 Å². The third-order valence-electron chi connectivity index (χ3n) is 0. The summed E-state index contributed by atoms with van der Waals surface area (Å²) >= 11 is 0. The maximum absolute atomic E-state index is 8.52. The van der Waals surface area contributed by atoms with Gasteiger partial charge in [-0.3, -0.25) is 33.7 Å². The monoisotopic (exact) mass is 932 g/mol. The number of hydrogen-bond donors (Lipinski definition) is 0. The Kier molecular flexibility index (Phi) is 1270. The SMILES string of the molecule is O.O.O.O.O.O.O.O.O.O.O.O.O.O.O.O.O.O.O.O.O.O.O.O.O=S(=O)([O-])[O-].O=S(=O)([O-])[O-].O=S(=O)([O-])[O-].O=S(=O)([O-])[O-].[Al+3].[Al+3].[K+].[Na+]. The van der Waals surface area contributed by atoms with Crippen molar-refractivity contribution in [3.8, 4) is 0 Å². The molecule has 320 valence electrons. The van der Waals surface area contributed by atoms with Crippen LogP contribution in [0.2, 0.25) is 0 Å². The zero-order chi connectivity index (χ0) is 18.0. The minimum absolute atomic E-state index is 0. The molecule has 48 N–H and O–H groups in total. The quantitative estimate of drug-likeness (QED) is 0.124. The second-order valence-electron chi connectivity index (χ2n) is 1.63. The van der Waals surface area contributed by atoms with Gasteiger partial charge in [0.05, 0.1) is 0 Å². The molecule has 0 atom stereocenters. The third kappa shape index (κ3) is 21800. The fourth-order valence-corrected chi connectivity index (χ4v) is 0. The third-order valence-corrected chi connectivity index (χ3v) is 0. The summed E-state index contributed by atoms with van der Waals surface area (Å²) in [7, 11) is -20.7. The van der Waals surface area contributed by atoms with E-state index in [1.54, 1.807) is 0 Å². The molecule has 0 aromatic rings. The smallest absolute Gasteiger partial charge is 0.759 e. The molecule has 0 heterocycles. The van der Waals surface area contributed by atoms with Crippen molar-refractivity contribution in [2.75, 3.05) is 0 Å². The Balaban J connectivity index is -0.00000000198. The largest absolute Gasteiger partial charge is 3.00 e. The first-order valence-corrected chi connectivity index (χ1v) is 8.00. The van der Waals surface area contributed by atoms with E-state index in [1.807, 2.05) is 0 Å². The Hall–Kier alpha value is 2.22. The van der Waals surface area contributed by atoms with Crippen molar-refractivity contribution >= 4 is 76.3 Å². The van der Waals surface area contributed by atoms with Crippen LogP contribution in [0.4, 0.5) is 0 Å². The van der Waals surface area contributed by atoms with Crippen LogP contribution < -0.4 is 80.9 Å². The normalized spacial score (nSPS) is 4.83. The first-order chi connectivity index (χ1) is 8.00. The van der Waals surface area contributed by atoms with Crippen LogP contribution >= 0.6 is 0 Å². The molecule has 0 amide bonds. The average Bonchev–Trinajstić information content (AvgIpc) is 1.62. The Bertz CT molecular complexity index is 498. The molecule has 0 aromatic carbocycles. The summed E-state index contributed by atoms with van der Waals surface area (Å²) in [6, 6.07) is 0. The zero-order valence-electron chi connectivity index (χ0n) is 23.3. The fraction of sp³-hybridized carbons (Fsp3) is 0. The van der Waals surface area contributed by atoms with E-state index < -0.39 is 41.6 Å². The molecule has 0 aliphatic rings. The van der Waals surface area contributed by atoms with Crippen LogP contribution in [0.1, 0.15) is 0 Å². The average molecular weight is 933 g/mol. The van der Waals surface area contributed by atoms with Gasteiger partial charge in [0.25, 0.3) is 0 Å². The fourth-order valence-electron chi connectivity index (χ4n) is 0. The second-order valence-corrected chi connectivity index (χ2v) is 4.90. The summed E-state index contributed by atoms with van der Waals surface area (Å²) in [5.74, 6) is 0. The summed E-state index contributed by atoms with van der Waals surface area (Å²) in [6.45, 7) is 0. The predicted molar refractivity (Wildman–Crippen MR) is 140 cm³/mol. The number of hydrogen-bond acceptors (Lipinski definition) is 16. The Morgan fingerprint density at radius 3 is 0.208 bits per heavy atom. The van der Waals surface area contributed by atoms with Gasteiger partial charge in [0.1, 0.15) is 0 Å². The standard InChI is InChI=1S/2Al.K.Na.4H2O4S.24H2O/c;;;;4*1-5(2,3)4;;;;;;;;;;;;;;;;;;;;;;;;/h;;;;4*(H2,1,2,3,4);24*1H2/q2*+3;2*+1;;;;;;;;;;;;;;;;;;;;;;;;;;;;/p-8. The molecule has 0 aromatic heterocycles. The van der Waals surface area contributed by atoms with Crippen LogP contribution in [-0.2, 0) is 41.6 Å². The maximum Gasteiger partial charge on any atom is 3.00 e. The molecule has 0 fully saturated rings. The first kappa shape index (κ1) is 366. The summed E-state index contributed by atoms with van der Waals surface area (Å²) in [6.07, 6.45) is 0. The van der Waals surface area contributed by atoms with E-state index in [4.69, 9.17) is 70.1 Å². The van der Waals surface area contributed by atoms with Crippen LogP contribution in [0.3, 0.4) is 0 Å². The van der Waals surface area contributed by atoms with E-state index in [0.717, 1.165) is 0 Å². The predicted octanol–water partition coefficient (Wildman–Crippen LogP) is -31.9. The second kappa shape index (κ2) is 166. The van der Waals surface area contributed by atoms with Gasteiger partial charge in [-0.1, -0.05) is 0 Å². The van der Waals surface area contributed by atoms with Crippen LogP contribution in [0.15, 0.2) is 0 Å². The first-order valence-electron chi connectivity index (χ1n) is 2.67. The minimum Gasteiger partial charge on any atom is -0.759 e. The molecule has 0 rings (SSSR count). The van der Waals surface area contributed by atoms with E-state index in [2.05, 4.69) is 0 Å². The van der Waals surface area contributed by atoms with Crippen molar-refractivity contribution in [1.82, 2.24) is 0 Å². The van der Waals surface area contributed by atoms with E-state index >= 15 is 0 Å². The molecule has 0 saturated heterocycles. The van der Waals surface area contributed by atoms with Gasteiger partial charge in [0, 0.05) is 41.6 Å². The minimum atomic E-state index is -5.17. The molecule has 40 nitrogen and oxygen atoms in total. The topological polar surface area (TPSA) is 1080 Å². The number of rotatable bonds is 0.